The van der Waals surface area contributed by atoms with Crippen molar-refractivity contribution in [1.82, 2.24) is 4.90 Å². The second kappa shape index (κ2) is 8.89. The summed E-state index contributed by atoms with van der Waals surface area (Å²) in [5.41, 5.74) is 7.05. The highest BCUT2D eigenvalue weighted by molar-refractivity contribution is 6.02. The van der Waals surface area contributed by atoms with E-state index < -0.39 is 6.10 Å². The van der Waals surface area contributed by atoms with Crippen molar-refractivity contribution in [3.05, 3.63) is 47.4 Å². The van der Waals surface area contributed by atoms with E-state index in [0.717, 1.165) is 0 Å². The lowest BCUT2D eigenvalue weighted by Crippen LogP contribution is -2.40. The monoisotopic (exact) mass is 433 g/mol. The first-order valence-corrected chi connectivity index (χ1v) is 9.69. The van der Waals surface area contributed by atoms with Crippen LogP contribution in [0.2, 0.25) is 0 Å². The van der Waals surface area contributed by atoms with Gasteiger partial charge in [0.05, 0.1) is 17.8 Å². The molecule has 1 saturated heterocycles. The Hall–Kier alpha value is -2.84. The highest BCUT2D eigenvalue weighted by Gasteiger charge is 2.30. The summed E-state index contributed by atoms with van der Waals surface area (Å²) in [6, 6.07) is 6.76. The van der Waals surface area contributed by atoms with E-state index in [1.165, 1.54) is 6.26 Å². The number of carbonyl (C=O) groups is 3. The summed E-state index contributed by atoms with van der Waals surface area (Å²) < 4.78 is 10.8. The topological polar surface area (TPSA) is 115 Å². The van der Waals surface area contributed by atoms with Crippen LogP contribution < -0.4 is 15.8 Å². The van der Waals surface area contributed by atoms with Crippen LogP contribution in [0, 0.1) is 5.92 Å². The highest BCUT2D eigenvalue weighted by Crippen LogP contribution is 2.32. The smallest absolute Gasteiger partial charge is 0.265 e. The van der Waals surface area contributed by atoms with E-state index in [1.54, 1.807) is 36.1 Å². The van der Waals surface area contributed by atoms with E-state index in [-0.39, 0.29) is 42.5 Å². The molecule has 8 nitrogen and oxygen atoms in total. The van der Waals surface area contributed by atoms with Gasteiger partial charge >= 0.3 is 0 Å². The number of likely N-dealkylation sites (tertiary alicyclic amines) is 1. The van der Waals surface area contributed by atoms with E-state index in [9.17, 15) is 14.4 Å². The lowest BCUT2D eigenvalue weighted by atomic mass is 9.88. The van der Waals surface area contributed by atoms with Gasteiger partial charge in [0.2, 0.25) is 0 Å². The summed E-state index contributed by atoms with van der Waals surface area (Å²) in [5, 5.41) is 2.77. The van der Waals surface area contributed by atoms with Gasteiger partial charge < -0.3 is 25.1 Å². The Morgan fingerprint density at radius 1 is 1.20 bits per heavy atom. The quantitative estimate of drug-likeness (QED) is 0.716. The molecule has 1 unspecified atom stereocenters. The van der Waals surface area contributed by atoms with Crippen LogP contribution in [-0.4, -0.2) is 41.7 Å². The third-order valence-corrected chi connectivity index (χ3v) is 5.45. The summed E-state index contributed by atoms with van der Waals surface area (Å²) in [6.07, 6.45) is 2.04. The standard InChI is InChI=1S/C21H23N3O5.ClH/c1-12-20(26)23-17-9-14(2-3-18(17)29-12)19(25)13-4-6-24(7-5-13)21(27)15-8-16(10-22)28-11-15;/h2-3,8-9,11-13H,4-7,10,22H2,1H3,(H,23,26);1H. The fourth-order valence-corrected chi connectivity index (χ4v) is 3.72. The second-order valence-electron chi connectivity index (χ2n) is 7.40. The first-order valence-electron chi connectivity index (χ1n) is 9.69. The molecule has 2 aliphatic heterocycles. The van der Waals surface area contributed by atoms with Gasteiger partial charge in [0.25, 0.3) is 11.8 Å². The zero-order valence-electron chi connectivity index (χ0n) is 16.6. The molecule has 3 heterocycles. The number of carbonyl (C=O) groups excluding carboxylic acids is 3. The molecular formula is C21H24ClN3O5. The number of nitrogens with two attached hydrogens (primary N) is 1. The van der Waals surface area contributed by atoms with Crippen molar-refractivity contribution in [2.45, 2.75) is 32.4 Å². The van der Waals surface area contributed by atoms with Crippen LogP contribution in [0.1, 0.15) is 46.2 Å². The number of fused-ring (bicyclic) bond motifs is 1. The van der Waals surface area contributed by atoms with Crippen molar-refractivity contribution in [3.63, 3.8) is 0 Å². The van der Waals surface area contributed by atoms with Gasteiger partial charge in [-0.05, 0) is 44.0 Å². The fourth-order valence-electron chi connectivity index (χ4n) is 3.72. The summed E-state index contributed by atoms with van der Waals surface area (Å²) in [4.78, 5) is 39.1. The largest absolute Gasteiger partial charge is 0.479 e. The Balaban J connectivity index is 0.00000256. The number of Topliss-reactive ketones (excluding diaryl/α,β-unsaturated/α-hetero) is 1. The number of nitrogens with zero attached hydrogens (tertiary/aromatic N) is 1. The third kappa shape index (κ3) is 4.20. The van der Waals surface area contributed by atoms with Gasteiger partial charge in [-0.3, -0.25) is 14.4 Å². The molecule has 1 aromatic heterocycles. The Labute approximate surface area is 180 Å². The lowest BCUT2D eigenvalue weighted by Gasteiger charge is -2.31. The molecule has 1 aromatic carbocycles. The normalized spacial score (nSPS) is 18.7. The molecular weight excluding hydrogens is 410 g/mol. The van der Waals surface area contributed by atoms with Crippen LogP contribution in [0.4, 0.5) is 5.69 Å². The molecule has 2 aromatic rings. The first-order chi connectivity index (χ1) is 14.0. The van der Waals surface area contributed by atoms with Gasteiger partial charge in [0.1, 0.15) is 17.8 Å². The number of halogens is 1. The molecule has 0 saturated carbocycles. The maximum atomic E-state index is 12.9. The van der Waals surface area contributed by atoms with Crippen molar-refractivity contribution in [2.24, 2.45) is 11.7 Å². The van der Waals surface area contributed by atoms with E-state index >= 15 is 0 Å². The van der Waals surface area contributed by atoms with Crippen molar-refractivity contribution in [3.8, 4) is 5.75 Å². The van der Waals surface area contributed by atoms with E-state index in [4.69, 9.17) is 14.9 Å². The van der Waals surface area contributed by atoms with E-state index in [2.05, 4.69) is 5.32 Å². The molecule has 3 N–H and O–H groups in total. The number of nitrogens with one attached hydrogen (secondary N) is 1. The van der Waals surface area contributed by atoms with Gasteiger partial charge in [-0.1, -0.05) is 0 Å². The summed E-state index contributed by atoms with van der Waals surface area (Å²) in [7, 11) is 0. The number of amides is 2. The number of ether oxygens (including phenoxy) is 1. The van der Waals surface area contributed by atoms with Crippen LogP contribution in [0.3, 0.4) is 0 Å². The fraction of sp³-hybridized carbons (Fsp3) is 0.381. The van der Waals surface area contributed by atoms with Crippen LogP contribution in [-0.2, 0) is 11.3 Å². The summed E-state index contributed by atoms with van der Waals surface area (Å²) in [5.74, 6) is 0.636. The van der Waals surface area contributed by atoms with Gasteiger partial charge in [0, 0.05) is 24.6 Å². The van der Waals surface area contributed by atoms with Gasteiger partial charge in [-0.25, -0.2) is 0 Å². The van der Waals surface area contributed by atoms with Crippen molar-refractivity contribution in [2.75, 3.05) is 18.4 Å². The van der Waals surface area contributed by atoms with Gasteiger partial charge in [0.15, 0.2) is 11.9 Å². The maximum Gasteiger partial charge on any atom is 0.265 e. The number of rotatable bonds is 4. The Kier molecular flexibility index (Phi) is 6.48. The zero-order valence-corrected chi connectivity index (χ0v) is 17.4. The number of piperidine rings is 1. The van der Waals surface area contributed by atoms with Crippen molar-refractivity contribution < 1.29 is 23.5 Å². The number of ketones is 1. The zero-order chi connectivity index (χ0) is 20.5. The molecule has 9 heteroatoms. The average molecular weight is 434 g/mol. The molecule has 2 aliphatic rings. The minimum absolute atomic E-state index is 0. The second-order valence-corrected chi connectivity index (χ2v) is 7.40. The van der Waals surface area contributed by atoms with Gasteiger partial charge in [-0.2, -0.15) is 0 Å². The van der Waals surface area contributed by atoms with Crippen molar-refractivity contribution in [1.29, 1.82) is 0 Å². The predicted molar refractivity (Wildman–Crippen MR) is 112 cm³/mol. The van der Waals surface area contributed by atoms with E-state index in [0.29, 0.717) is 54.3 Å². The van der Waals surface area contributed by atoms with E-state index in [1.807, 2.05) is 0 Å². The minimum Gasteiger partial charge on any atom is -0.479 e. The molecule has 30 heavy (non-hydrogen) atoms. The van der Waals surface area contributed by atoms with Crippen LogP contribution in [0.5, 0.6) is 5.75 Å². The highest BCUT2D eigenvalue weighted by atomic mass is 35.5. The maximum absolute atomic E-state index is 12.9. The van der Waals surface area contributed by atoms with Crippen LogP contribution in [0.25, 0.3) is 0 Å². The number of hydrogen-bond donors (Lipinski definition) is 2. The molecule has 1 atom stereocenters. The number of anilines is 1. The van der Waals surface area contributed by atoms with Gasteiger partial charge in [-0.15, -0.1) is 12.4 Å². The molecule has 1 fully saturated rings. The van der Waals surface area contributed by atoms with Crippen LogP contribution >= 0.6 is 12.4 Å². The molecule has 0 radical (unpaired) electrons. The average Bonchev–Trinajstić information content (AvgIpc) is 3.23. The Bertz CT molecular complexity index is 965. The van der Waals surface area contributed by atoms with Crippen LogP contribution in [0.15, 0.2) is 34.9 Å². The van der Waals surface area contributed by atoms with Crippen molar-refractivity contribution >= 4 is 35.7 Å². The minimum atomic E-state index is -0.554. The Morgan fingerprint density at radius 2 is 1.93 bits per heavy atom. The molecule has 4 rings (SSSR count). The molecule has 2 amide bonds. The Morgan fingerprint density at radius 3 is 2.60 bits per heavy atom. The number of benzene rings is 1. The number of furan rings is 1. The molecule has 160 valence electrons. The third-order valence-electron chi connectivity index (χ3n) is 5.45. The summed E-state index contributed by atoms with van der Waals surface area (Å²) in [6.45, 7) is 2.92. The SMILES string of the molecule is CC1Oc2ccc(C(=O)C3CCN(C(=O)c4coc(CN)c4)CC3)cc2NC1=O.Cl. The molecule has 0 aliphatic carbocycles. The first kappa shape index (κ1) is 21.9. The molecule has 0 spiro atoms. The predicted octanol–water partition coefficient (Wildman–Crippen LogP) is 2.61. The lowest BCUT2D eigenvalue weighted by molar-refractivity contribution is -0.122. The molecule has 0 bridgehead atoms. The summed E-state index contributed by atoms with van der Waals surface area (Å²) >= 11 is 0. The number of hydrogen-bond acceptors (Lipinski definition) is 6.